The highest BCUT2D eigenvalue weighted by atomic mass is 19.1. The van der Waals surface area contributed by atoms with Crippen molar-refractivity contribution in [3.05, 3.63) is 78.6 Å². The number of hydrogen-bond acceptors (Lipinski definition) is 2. The Kier molecular flexibility index (Phi) is 3.96. The number of carbonyl (C=O) groups excluding carboxylic acids is 1. The molecule has 1 aromatic heterocycles. The van der Waals surface area contributed by atoms with Crippen molar-refractivity contribution in [1.82, 2.24) is 9.55 Å². The Balaban J connectivity index is 1.66. The fourth-order valence-electron chi connectivity index (χ4n) is 2.15. The molecule has 3 aromatic rings. The highest BCUT2D eigenvalue weighted by Gasteiger charge is 2.08. The molecule has 5 heteroatoms. The van der Waals surface area contributed by atoms with Gasteiger partial charge in [0.2, 0.25) is 5.91 Å². The highest BCUT2D eigenvalue weighted by Crippen LogP contribution is 2.14. The van der Waals surface area contributed by atoms with E-state index in [0.29, 0.717) is 11.3 Å². The zero-order valence-electron chi connectivity index (χ0n) is 11.7. The largest absolute Gasteiger partial charge is 0.326 e. The molecular formula is C17H14FN3O. The standard InChI is InChI=1S/C17H14FN3O/c18-16-4-2-1-3-13(16)11-17(22)20-14-5-7-15(8-6-14)21-10-9-19-12-21/h1-10,12H,11H2,(H,20,22). The van der Waals surface area contributed by atoms with Crippen LogP contribution in [-0.2, 0) is 11.2 Å². The number of halogens is 1. The maximum Gasteiger partial charge on any atom is 0.228 e. The van der Waals surface area contributed by atoms with Gasteiger partial charge in [-0.05, 0) is 35.9 Å². The van der Waals surface area contributed by atoms with Gasteiger partial charge in [-0.3, -0.25) is 4.79 Å². The van der Waals surface area contributed by atoms with E-state index in [1.54, 1.807) is 42.9 Å². The maximum absolute atomic E-state index is 13.5. The SMILES string of the molecule is O=C(Cc1ccccc1F)Nc1ccc(-n2ccnc2)cc1. The summed E-state index contributed by atoms with van der Waals surface area (Å²) in [5.41, 5.74) is 2.00. The molecule has 110 valence electrons. The Morgan fingerprint density at radius 3 is 2.59 bits per heavy atom. The number of nitrogens with one attached hydrogen (secondary N) is 1. The minimum absolute atomic E-state index is 0.00987. The molecule has 0 aliphatic heterocycles. The van der Waals surface area contributed by atoms with Gasteiger partial charge < -0.3 is 9.88 Å². The van der Waals surface area contributed by atoms with E-state index in [2.05, 4.69) is 10.3 Å². The second-order valence-corrected chi connectivity index (χ2v) is 4.83. The van der Waals surface area contributed by atoms with Gasteiger partial charge in [0, 0.05) is 23.8 Å². The molecule has 0 aliphatic carbocycles. The van der Waals surface area contributed by atoms with Gasteiger partial charge in [-0.2, -0.15) is 0 Å². The predicted octanol–water partition coefficient (Wildman–Crippen LogP) is 3.19. The number of nitrogens with zero attached hydrogens (tertiary/aromatic N) is 2. The van der Waals surface area contributed by atoms with Crippen LogP contribution in [0.3, 0.4) is 0 Å². The van der Waals surface area contributed by atoms with Gasteiger partial charge in [-0.25, -0.2) is 9.37 Å². The molecule has 0 saturated carbocycles. The summed E-state index contributed by atoms with van der Waals surface area (Å²) in [6.07, 6.45) is 5.25. The molecule has 1 amide bonds. The first-order valence-electron chi connectivity index (χ1n) is 6.84. The summed E-state index contributed by atoms with van der Waals surface area (Å²) in [6.45, 7) is 0. The van der Waals surface area contributed by atoms with Crippen molar-refractivity contribution in [1.29, 1.82) is 0 Å². The van der Waals surface area contributed by atoms with Crippen LogP contribution < -0.4 is 5.32 Å². The summed E-state index contributed by atoms with van der Waals surface area (Å²) < 4.78 is 15.4. The van der Waals surface area contributed by atoms with Gasteiger partial charge in [0.05, 0.1) is 12.7 Å². The lowest BCUT2D eigenvalue weighted by atomic mass is 10.1. The molecule has 0 spiro atoms. The number of carbonyl (C=O) groups is 1. The Morgan fingerprint density at radius 2 is 1.91 bits per heavy atom. The first-order chi connectivity index (χ1) is 10.7. The quantitative estimate of drug-likeness (QED) is 0.803. The molecule has 0 fully saturated rings. The van der Waals surface area contributed by atoms with E-state index in [-0.39, 0.29) is 18.1 Å². The highest BCUT2D eigenvalue weighted by molar-refractivity contribution is 5.92. The van der Waals surface area contributed by atoms with Crippen molar-refractivity contribution < 1.29 is 9.18 Å². The summed E-state index contributed by atoms with van der Waals surface area (Å²) in [5.74, 6) is -0.617. The van der Waals surface area contributed by atoms with Crippen LogP contribution in [0.15, 0.2) is 67.3 Å². The third kappa shape index (κ3) is 3.20. The molecule has 0 saturated heterocycles. The van der Waals surface area contributed by atoms with Gasteiger partial charge in [-0.1, -0.05) is 18.2 Å². The molecule has 0 atom stereocenters. The van der Waals surface area contributed by atoms with Crippen LogP contribution in [0.1, 0.15) is 5.56 Å². The van der Waals surface area contributed by atoms with Crippen LogP contribution in [0.2, 0.25) is 0 Å². The fraction of sp³-hybridized carbons (Fsp3) is 0.0588. The third-order valence-corrected chi connectivity index (χ3v) is 3.26. The number of aromatic nitrogens is 2. The smallest absolute Gasteiger partial charge is 0.228 e. The number of rotatable bonds is 4. The van der Waals surface area contributed by atoms with Crippen LogP contribution in [-0.4, -0.2) is 15.5 Å². The van der Waals surface area contributed by atoms with E-state index in [9.17, 15) is 9.18 Å². The lowest BCUT2D eigenvalue weighted by Gasteiger charge is -2.07. The molecule has 0 aliphatic rings. The maximum atomic E-state index is 13.5. The Labute approximate surface area is 127 Å². The van der Waals surface area contributed by atoms with E-state index in [0.717, 1.165) is 5.69 Å². The average molecular weight is 295 g/mol. The second-order valence-electron chi connectivity index (χ2n) is 4.83. The van der Waals surface area contributed by atoms with E-state index < -0.39 is 0 Å². The van der Waals surface area contributed by atoms with Crippen molar-refractivity contribution in [2.75, 3.05) is 5.32 Å². The van der Waals surface area contributed by atoms with Crippen LogP contribution in [0.5, 0.6) is 0 Å². The van der Waals surface area contributed by atoms with E-state index >= 15 is 0 Å². The molecule has 0 radical (unpaired) electrons. The Hall–Kier alpha value is -2.95. The molecule has 1 heterocycles. The van der Waals surface area contributed by atoms with Crippen LogP contribution in [0, 0.1) is 5.82 Å². The summed E-state index contributed by atoms with van der Waals surface area (Å²) in [7, 11) is 0. The first-order valence-corrected chi connectivity index (χ1v) is 6.84. The molecular weight excluding hydrogens is 281 g/mol. The summed E-state index contributed by atoms with van der Waals surface area (Å²) in [4.78, 5) is 15.9. The third-order valence-electron chi connectivity index (χ3n) is 3.26. The minimum atomic E-state index is -0.367. The average Bonchev–Trinajstić information content (AvgIpc) is 3.05. The van der Waals surface area contributed by atoms with Crippen molar-refractivity contribution in [3.8, 4) is 5.69 Å². The molecule has 0 unspecified atom stereocenters. The molecule has 3 rings (SSSR count). The normalized spacial score (nSPS) is 10.4. The van der Waals surface area contributed by atoms with Gasteiger partial charge in [0.25, 0.3) is 0 Å². The van der Waals surface area contributed by atoms with Gasteiger partial charge in [-0.15, -0.1) is 0 Å². The number of anilines is 1. The molecule has 1 N–H and O–H groups in total. The molecule has 22 heavy (non-hydrogen) atoms. The minimum Gasteiger partial charge on any atom is -0.326 e. The van der Waals surface area contributed by atoms with Gasteiger partial charge in [0.1, 0.15) is 5.82 Å². The van der Waals surface area contributed by atoms with E-state index in [1.165, 1.54) is 6.07 Å². The molecule has 2 aromatic carbocycles. The number of amides is 1. The first kappa shape index (κ1) is 14.0. The van der Waals surface area contributed by atoms with Crippen molar-refractivity contribution in [2.45, 2.75) is 6.42 Å². The van der Waals surface area contributed by atoms with Crippen molar-refractivity contribution >= 4 is 11.6 Å². The number of benzene rings is 2. The number of hydrogen-bond donors (Lipinski definition) is 1. The molecule has 4 nitrogen and oxygen atoms in total. The van der Waals surface area contributed by atoms with Crippen molar-refractivity contribution in [2.24, 2.45) is 0 Å². The predicted molar refractivity (Wildman–Crippen MR) is 82.3 cm³/mol. The van der Waals surface area contributed by atoms with Gasteiger partial charge in [0.15, 0.2) is 0 Å². The number of imidazole rings is 1. The zero-order chi connectivity index (χ0) is 15.4. The molecule has 0 bridgehead atoms. The Bertz CT molecular complexity index is 767. The van der Waals surface area contributed by atoms with E-state index in [4.69, 9.17) is 0 Å². The summed E-state index contributed by atoms with van der Waals surface area (Å²) in [6, 6.07) is 13.6. The topological polar surface area (TPSA) is 46.9 Å². The van der Waals surface area contributed by atoms with Gasteiger partial charge >= 0.3 is 0 Å². The van der Waals surface area contributed by atoms with Crippen LogP contribution >= 0.6 is 0 Å². The van der Waals surface area contributed by atoms with E-state index in [1.807, 2.05) is 22.9 Å². The zero-order valence-corrected chi connectivity index (χ0v) is 11.7. The monoisotopic (exact) mass is 295 g/mol. The van der Waals surface area contributed by atoms with Crippen molar-refractivity contribution in [3.63, 3.8) is 0 Å². The summed E-state index contributed by atoms with van der Waals surface area (Å²) >= 11 is 0. The Morgan fingerprint density at radius 1 is 1.14 bits per heavy atom. The van der Waals surface area contributed by atoms with Crippen LogP contribution in [0.4, 0.5) is 10.1 Å². The fourth-order valence-corrected chi connectivity index (χ4v) is 2.15. The lowest BCUT2D eigenvalue weighted by Crippen LogP contribution is -2.15. The lowest BCUT2D eigenvalue weighted by molar-refractivity contribution is -0.115. The van der Waals surface area contributed by atoms with Crippen LogP contribution in [0.25, 0.3) is 5.69 Å². The second kappa shape index (κ2) is 6.22. The summed E-state index contributed by atoms with van der Waals surface area (Å²) in [5, 5.41) is 2.76.